The molecule has 2 aromatic carbocycles. The fourth-order valence-electron chi connectivity index (χ4n) is 2.01. The standard InChI is InChI=1S/C17H11F2N3O/c18-12-6-7-14(19)13(10-12)15-8-9-16(22-21-15)20-17(23)11-4-2-1-3-5-11/h1-10H,(H,20,22,23). The third-order valence-corrected chi connectivity index (χ3v) is 3.15. The molecule has 1 amide bonds. The molecule has 0 saturated heterocycles. The van der Waals surface area contributed by atoms with Crippen LogP contribution in [0.2, 0.25) is 0 Å². The quantitative estimate of drug-likeness (QED) is 0.803. The Morgan fingerprint density at radius 1 is 0.913 bits per heavy atom. The van der Waals surface area contributed by atoms with Crippen LogP contribution in [0.3, 0.4) is 0 Å². The van der Waals surface area contributed by atoms with Gasteiger partial charge in [0.25, 0.3) is 5.91 Å². The van der Waals surface area contributed by atoms with Crippen molar-refractivity contribution in [2.75, 3.05) is 5.32 Å². The number of hydrogen-bond acceptors (Lipinski definition) is 3. The van der Waals surface area contributed by atoms with E-state index in [4.69, 9.17) is 0 Å². The van der Waals surface area contributed by atoms with Crippen molar-refractivity contribution in [1.82, 2.24) is 10.2 Å². The van der Waals surface area contributed by atoms with Crippen molar-refractivity contribution in [2.45, 2.75) is 0 Å². The highest BCUT2D eigenvalue weighted by molar-refractivity contribution is 6.03. The summed E-state index contributed by atoms with van der Waals surface area (Å²) in [5.74, 6) is -1.27. The van der Waals surface area contributed by atoms with Crippen molar-refractivity contribution in [3.05, 3.63) is 77.9 Å². The van der Waals surface area contributed by atoms with Gasteiger partial charge in [0.2, 0.25) is 0 Å². The van der Waals surface area contributed by atoms with Gasteiger partial charge in [-0.25, -0.2) is 8.78 Å². The molecule has 1 N–H and O–H groups in total. The SMILES string of the molecule is O=C(Nc1ccc(-c2cc(F)ccc2F)nn1)c1ccccc1. The Morgan fingerprint density at radius 2 is 1.70 bits per heavy atom. The molecule has 0 unspecified atom stereocenters. The average Bonchev–Trinajstić information content (AvgIpc) is 2.58. The monoisotopic (exact) mass is 311 g/mol. The van der Waals surface area contributed by atoms with Crippen molar-refractivity contribution in [3.63, 3.8) is 0 Å². The summed E-state index contributed by atoms with van der Waals surface area (Å²) in [7, 11) is 0. The molecule has 1 aromatic heterocycles. The van der Waals surface area contributed by atoms with E-state index in [-0.39, 0.29) is 23.0 Å². The van der Waals surface area contributed by atoms with E-state index in [1.807, 2.05) is 0 Å². The van der Waals surface area contributed by atoms with Crippen molar-refractivity contribution in [1.29, 1.82) is 0 Å². The van der Waals surface area contributed by atoms with Crippen LogP contribution in [0.25, 0.3) is 11.3 Å². The van der Waals surface area contributed by atoms with E-state index >= 15 is 0 Å². The molecule has 0 aliphatic carbocycles. The van der Waals surface area contributed by atoms with E-state index in [1.54, 1.807) is 30.3 Å². The summed E-state index contributed by atoms with van der Waals surface area (Å²) in [4.78, 5) is 12.0. The van der Waals surface area contributed by atoms with Gasteiger partial charge in [-0.2, -0.15) is 0 Å². The van der Waals surface area contributed by atoms with Gasteiger partial charge in [-0.3, -0.25) is 4.79 Å². The zero-order valence-electron chi connectivity index (χ0n) is 11.8. The van der Waals surface area contributed by atoms with Crippen LogP contribution in [-0.4, -0.2) is 16.1 Å². The lowest BCUT2D eigenvalue weighted by atomic mass is 10.1. The highest BCUT2D eigenvalue weighted by atomic mass is 19.1. The van der Waals surface area contributed by atoms with Crippen LogP contribution in [0.5, 0.6) is 0 Å². The molecule has 6 heteroatoms. The molecule has 23 heavy (non-hydrogen) atoms. The van der Waals surface area contributed by atoms with Gasteiger partial charge < -0.3 is 5.32 Å². The maximum Gasteiger partial charge on any atom is 0.256 e. The number of anilines is 1. The van der Waals surface area contributed by atoms with Crippen LogP contribution in [0, 0.1) is 11.6 Å². The molecule has 0 atom stereocenters. The summed E-state index contributed by atoms with van der Waals surface area (Å²) in [6, 6.07) is 14.7. The van der Waals surface area contributed by atoms with Crippen LogP contribution < -0.4 is 5.32 Å². The van der Waals surface area contributed by atoms with E-state index < -0.39 is 11.6 Å². The maximum absolute atomic E-state index is 13.7. The number of nitrogens with one attached hydrogen (secondary N) is 1. The lowest BCUT2D eigenvalue weighted by Gasteiger charge is -2.05. The Bertz CT molecular complexity index is 836. The fourth-order valence-corrected chi connectivity index (χ4v) is 2.01. The average molecular weight is 311 g/mol. The second-order valence-electron chi connectivity index (χ2n) is 4.75. The smallest absolute Gasteiger partial charge is 0.256 e. The maximum atomic E-state index is 13.7. The first kappa shape index (κ1) is 14.8. The zero-order chi connectivity index (χ0) is 16.2. The normalized spacial score (nSPS) is 10.3. The molecule has 0 aliphatic heterocycles. The summed E-state index contributed by atoms with van der Waals surface area (Å²) in [5.41, 5.74) is 0.674. The lowest BCUT2D eigenvalue weighted by molar-refractivity contribution is 0.102. The number of halogens is 2. The van der Waals surface area contributed by atoms with Crippen molar-refractivity contribution in [3.8, 4) is 11.3 Å². The molecule has 0 aliphatic rings. The first-order chi connectivity index (χ1) is 11.1. The van der Waals surface area contributed by atoms with Gasteiger partial charge in [0.1, 0.15) is 11.6 Å². The van der Waals surface area contributed by atoms with E-state index in [0.717, 1.165) is 18.2 Å². The molecule has 4 nitrogen and oxygen atoms in total. The lowest BCUT2D eigenvalue weighted by Crippen LogP contribution is -2.13. The van der Waals surface area contributed by atoms with Crippen LogP contribution in [0.1, 0.15) is 10.4 Å². The molecule has 0 radical (unpaired) electrons. The third-order valence-electron chi connectivity index (χ3n) is 3.15. The first-order valence-corrected chi connectivity index (χ1v) is 6.79. The minimum atomic E-state index is -0.596. The molecule has 3 rings (SSSR count). The first-order valence-electron chi connectivity index (χ1n) is 6.79. The number of benzene rings is 2. The predicted octanol–water partition coefficient (Wildman–Crippen LogP) is 3.67. The van der Waals surface area contributed by atoms with Crippen LogP contribution in [-0.2, 0) is 0 Å². The molecular weight excluding hydrogens is 300 g/mol. The number of carbonyl (C=O) groups excluding carboxylic acids is 1. The molecule has 0 fully saturated rings. The van der Waals surface area contributed by atoms with E-state index in [2.05, 4.69) is 15.5 Å². The van der Waals surface area contributed by atoms with Crippen LogP contribution in [0.4, 0.5) is 14.6 Å². The Hall–Kier alpha value is -3.15. The third kappa shape index (κ3) is 3.37. The number of rotatable bonds is 3. The largest absolute Gasteiger partial charge is 0.305 e. The molecule has 114 valence electrons. The molecule has 0 bridgehead atoms. The van der Waals surface area contributed by atoms with Gasteiger partial charge in [-0.15, -0.1) is 10.2 Å². The Balaban J connectivity index is 1.80. The van der Waals surface area contributed by atoms with Gasteiger partial charge in [0.15, 0.2) is 5.82 Å². The number of hydrogen-bond donors (Lipinski definition) is 1. The van der Waals surface area contributed by atoms with Gasteiger partial charge in [-0.05, 0) is 42.5 Å². The van der Waals surface area contributed by atoms with E-state index in [1.165, 1.54) is 12.1 Å². The molecule has 0 spiro atoms. The highest BCUT2D eigenvalue weighted by Crippen LogP contribution is 2.22. The molecular formula is C17H11F2N3O. The Labute approximate surface area is 130 Å². The van der Waals surface area contributed by atoms with Crippen LogP contribution in [0.15, 0.2) is 60.7 Å². The predicted molar refractivity (Wildman–Crippen MR) is 81.8 cm³/mol. The second kappa shape index (κ2) is 6.31. The summed E-state index contributed by atoms with van der Waals surface area (Å²) >= 11 is 0. The van der Waals surface area contributed by atoms with Gasteiger partial charge in [-0.1, -0.05) is 18.2 Å². The summed E-state index contributed by atoms with van der Waals surface area (Å²) in [6.45, 7) is 0. The molecule has 1 heterocycles. The number of nitrogens with zero attached hydrogens (tertiary/aromatic N) is 2. The van der Waals surface area contributed by atoms with Gasteiger partial charge in [0, 0.05) is 11.1 Å². The summed E-state index contributed by atoms with van der Waals surface area (Å²) in [5, 5.41) is 10.2. The number of amides is 1. The van der Waals surface area contributed by atoms with Crippen molar-refractivity contribution < 1.29 is 13.6 Å². The zero-order valence-corrected chi connectivity index (χ0v) is 11.8. The van der Waals surface area contributed by atoms with Crippen molar-refractivity contribution >= 4 is 11.7 Å². The molecule has 0 saturated carbocycles. The molecule has 3 aromatic rings. The van der Waals surface area contributed by atoms with Crippen molar-refractivity contribution in [2.24, 2.45) is 0 Å². The number of aromatic nitrogens is 2. The number of carbonyl (C=O) groups is 1. The van der Waals surface area contributed by atoms with Gasteiger partial charge in [0.05, 0.1) is 5.69 Å². The van der Waals surface area contributed by atoms with E-state index in [0.29, 0.717) is 5.56 Å². The summed E-state index contributed by atoms with van der Waals surface area (Å²) in [6.07, 6.45) is 0. The fraction of sp³-hybridized carbons (Fsp3) is 0. The van der Waals surface area contributed by atoms with Gasteiger partial charge >= 0.3 is 0 Å². The Kier molecular flexibility index (Phi) is 4.05. The highest BCUT2D eigenvalue weighted by Gasteiger charge is 2.10. The Morgan fingerprint density at radius 3 is 2.39 bits per heavy atom. The topological polar surface area (TPSA) is 54.9 Å². The minimum absolute atomic E-state index is 0.0124. The van der Waals surface area contributed by atoms with E-state index in [9.17, 15) is 13.6 Å². The minimum Gasteiger partial charge on any atom is -0.305 e. The summed E-state index contributed by atoms with van der Waals surface area (Å²) < 4.78 is 26.9. The van der Waals surface area contributed by atoms with Crippen LogP contribution >= 0.6 is 0 Å². The second-order valence-corrected chi connectivity index (χ2v) is 4.75.